The van der Waals surface area contributed by atoms with Gasteiger partial charge in [-0.2, -0.15) is 0 Å². The molecule has 2 amide bonds. The summed E-state index contributed by atoms with van der Waals surface area (Å²) in [6, 6.07) is 10.0. The van der Waals surface area contributed by atoms with Crippen LogP contribution in [0.25, 0.3) is 0 Å². The van der Waals surface area contributed by atoms with Gasteiger partial charge in [0.2, 0.25) is 0 Å². The first-order valence-electron chi connectivity index (χ1n) is 8.25. The number of carbonyl (C=O) groups excluding carboxylic acids is 1. The zero-order valence-electron chi connectivity index (χ0n) is 14.1. The van der Waals surface area contributed by atoms with E-state index in [0.717, 1.165) is 22.7 Å². The van der Waals surface area contributed by atoms with E-state index >= 15 is 0 Å². The Labute approximate surface area is 146 Å². The van der Waals surface area contributed by atoms with Crippen LogP contribution < -0.4 is 5.32 Å². The number of thiazole rings is 1. The number of morpholine rings is 1. The number of nitrogens with zero attached hydrogens (tertiary/aromatic N) is 2. The molecule has 0 bridgehead atoms. The smallest absolute Gasteiger partial charge is 0.317 e. The van der Waals surface area contributed by atoms with E-state index < -0.39 is 0 Å². The van der Waals surface area contributed by atoms with Crippen molar-refractivity contribution in [1.82, 2.24) is 15.2 Å². The monoisotopic (exact) mass is 345 g/mol. The van der Waals surface area contributed by atoms with E-state index in [2.05, 4.69) is 10.3 Å². The molecule has 0 unspecified atom stereocenters. The molecule has 24 heavy (non-hydrogen) atoms. The average molecular weight is 345 g/mol. The first kappa shape index (κ1) is 16.9. The third-order valence-corrected chi connectivity index (χ3v) is 5.29. The van der Waals surface area contributed by atoms with Gasteiger partial charge in [0.1, 0.15) is 6.10 Å². The lowest BCUT2D eigenvalue weighted by Gasteiger charge is -2.33. The number of nitrogens with one attached hydrogen (secondary N) is 1. The first-order valence-corrected chi connectivity index (χ1v) is 9.07. The number of urea groups is 1. The van der Waals surface area contributed by atoms with Crippen molar-refractivity contribution in [3.8, 4) is 0 Å². The lowest BCUT2D eigenvalue weighted by Crippen LogP contribution is -2.47. The lowest BCUT2D eigenvalue weighted by atomic mass is 10.1. The standard InChI is InChI=1S/C18H23N3O2S/c1-13-17(24-14(2)20-13)8-9-19-18(22)21-10-11-23-16(12-21)15-6-4-3-5-7-15/h3-7,16H,8-12H2,1-2H3,(H,19,22)/t16-/m1/s1. The molecule has 1 N–H and O–H groups in total. The van der Waals surface area contributed by atoms with Gasteiger partial charge in [-0.05, 0) is 19.4 Å². The summed E-state index contributed by atoms with van der Waals surface area (Å²) in [7, 11) is 0. The molecule has 0 spiro atoms. The highest BCUT2D eigenvalue weighted by Crippen LogP contribution is 2.22. The Hall–Kier alpha value is -1.92. The van der Waals surface area contributed by atoms with Gasteiger partial charge in [-0.15, -0.1) is 11.3 Å². The van der Waals surface area contributed by atoms with Crippen molar-refractivity contribution in [1.29, 1.82) is 0 Å². The summed E-state index contributed by atoms with van der Waals surface area (Å²) in [5.74, 6) is 0. The van der Waals surface area contributed by atoms with Gasteiger partial charge in [0, 0.05) is 24.4 Å². The third kappa shape index (κ3) is 4.13. The summed E-state index contributed by atoms with van der Waals surface area (Å²) >= 11 is 1.70. The average Bonchev–Trinajstić information content (AvgIpc) is 2.93. The molecule has 0 aliphatic carbocycles. The van der Waals surface area contributed by atoms with E-state index in [4.69, 9.17) is 4.74 Å². The van der Waals surface area contributed by atoms with Gasteiger partial charge in [0.05, 0.1) is 23.9 Å². The van der Waals surface area contributed by atoms with Crippen molar-refractivity contribution in [2.75, 3.05) is 26.2 Å². The summed E-state index contributed by atoms with van der Waals surface area (Å²) < 4.78 is 5.81. The zero-order valence-corrected chi connectivity index (χ0v) is 14.9. The molecular weight excluding hydrogens is 322 g/mol. The SMILES string of the molecule is Cc1nc(C)c(CCNC(=O)N2CCO[C@@H](c3ccccc3)C2)s1. The molecule has 3 rings (SSSR count). The van der Waals surface area contributed by atoms with E-state index in [1.54, 1.807) is 11.3 Å². The number of carbonyl (C=O) groups is 1. The van der Waals surface area contributed by atoms with Gasteiger partial charge < -0.3 is 15.0 Å². The maximum atomic E-state index is 12.4. The van der Waals surface area contributed by atoms with Crippen molar-refractivity contribution in [2.24, 2.45) is 0 Å². The van der Waals surface area contributed by atoms with E-state index in [9.17, 15) is 4.79 Å². The Bertz CT molecular complexity index is 687. The van der Waals surface area contributed by atoms with Crippen LogP contribution in [-0.2, 0) is 11.2 Å². The number of rotatable bonds is 4. The van der Waals surface area contributed by atoms with Crippen molar-refractivity contribution in [2.45, 2.75) is 26.4 Å². The topological polar surface area (TPSA) is 54.5 Å². The number of aryl methyl sites for hydroxylation is 2. The van der Waals surface area contributed by atoms with Crippen LogP contribution in [0.1, 0.15) is 27.2 Å². The number of hydrogen-bond donors (Lipinski definition) is 1. The molecule has 0 radical (unpaired) electrons. The molecule has 1 aromatic heterocycles. The number of benzene rings is 1. The van der Waals surface area contributed by atoms with Crippen LogP contribution in [0.2, 0.25) is 0 Å². The molecule has 1 fully saturated rings. The van der Waals surface area contributed by atoms with Crippen molar-refractivity contribution in [3.63, 3.8) is 0 Å². The fraction of sp³-hybridized carbons (Fsp3) is 0.444. The van der Waals surface area contributed by atoms with Gasteiger partial charge >= 0.3 is 6.03 Å². The fourth-order valence-corrected chi connectivity index (χ4v) is 3.84. The largest absolute Gasteiger partial charge is 0.370 e. The third-order valence-electron chi connectivity index (χ3n) is 4.15. The van der Waals surface area contributed by atoms with Gasteiger partial charge in [-0.1, -0.05) is 30.3 Å². The van der Waals surface area contributed by atoms with Crippen molar-refractivity contribution < 1.29 is 9.53 Å². The summed E-state index contributed by atoms with van der Waals surface area (Å²) in [4.78, 5) is 19.9. The summed E-state index contributed by atoms with van der Waals surface area (Å²) in [5.41, 5.74) is 2.19. The number of hydrogen-bond acceptors (Lipinski definition) is 4. The maximum absolute atomic E-state index is 12.4. The van der Waals surface area contributed by atoms with Gasteiger partial charge in [-0.25, -0.2) is 9.78 Å². The van der Waals surface area contributed by atoms with Crippen LogP contribution in [0, 0.1) is 13.8 Å². The number of amides is 2. The molecule has 1 atom stereocenters. The predicted molar refractivity (Wildman–Crippen MR) is 95.4 cm³/mol. The second-order valence-electron chi connectivity index (χ2n) is 5.94. The van der Waals surface area contributed by atoms with E-state index in [1.165, 1.54) is 4.88 Å². The molecule has 5 nitrogen and oxygen atoms in total. The Balaban J connectivity index is 1.50. The molecule has 128 valence electrons. The molecule has 1 aliphatic rings. The minimum absolute atomic E-state index is 0.0156. The highest BCUT2D eigenvalue weighted by Gasteiger charge is 2.25. The zero-order chi connectivity index (χ0) is 16.9. The Morgan fingerprint density at radius 3 is 2.88 bits per heavy atom. The Morgan fingerprint density at radius 2 is 2.17 bits per heavy atom. The van der Waals surface area contributed by atoms with Gasteiger partial charge in [0.15, 0.2) is 0 Å². The minimum atomic E-state index is -0.0444. The molecule has 2 aromatic rings. The number of aromatic nitrogens is 1. The van der Waals surface area contributed by atoms with Crippen molar-refractivity contribution in [3.05, 3.63) is 51.5 Å². The highest BCUT2D eigenvalue weighted by molar-refractivity contribution is 7.11. The van der Waals surface area contributed by atoms with Crippen LogP contribution in [0.3, 0.4) is 0 Å². The fourth-order valence-electron chi connectivity index (χ4n) is 2.90. The predicted octanol–water partition coefficient (Wildman–Crippen LogP) is 3.09. The van der Waals surface area contributed by atoms with E-state index in [1.807, 2.05) is 49.1 Å². The summed E-state index contributed by atoms with van der Waals surface area (Å²) in [5, 5.41) is 4.10. The molecule has 2 heterocycles. The lowest BCUT2D eigenvalue weighted by molar-refractivity contribution is -0.0153. The number of ether oxygens (including phenoxy) is 1. The van der Waals surface area contributed by atoms with Crippen LogP contribution >= 0.6 is 11.3 Å². The first-order chi connectivity index (χ1) is 11.6. The Morgan fingerprint density at radius 1 is 1.38 bits per heavy atom. The quantitative estimate of drug-likeness (QED) is 0.926. The highest BCUT2D eigenvalue weighted by atomic mass is 32.1. The second kappa shape index (κ2) is 7.77. The molecular formula is C18H23N3O2S. The van der Waals surface area contributed by atoms with Crippen LogP contribution in [-0.4, -0.2) is 42.2 Å². The minimum Gasteiger partial charge on any atom is -0.370 e. The molecule has 1 saturated heterocycles. The molecule has 0 saturated carbocycles. The van der Waals surface area contributed by atoms with E-state index in [0.29, 0.717) is 26.2 Å². The van der Waals surface area contributed by atoms with Crippen molar-refractivity contribution >= 4 is 17.4 Å². The molecule has 1 aliphatic heterocycles. The normalized spacial score (nSPS) is 17.8. The molecule has 6 heteroatoms. The van der Waals surface area contributed by atoms with Gasteiger partial charge in [0.25, 0.3) is 0 Å². The Kier molecular flexibility index (Phi) is 5.48. The van der Waals surface area contributed by atoms with E-state index in [-0.39, 0.29) is 12.1 Å². The van der Waals surface area contributed by atoms with Crippen LogP contribution in [0.15, 0.2) is 30.3 Å². The van der Waals surface area contributed by atoms with Crippen LogP contribution in [0.4, 0.5) is 4.79 Å². The maximum Gasteiger partial charge on any atom is 0.317 e. The molecule has 1 aromatic carbocycles. The summed E-state index contributed by atoms with van der Waals surface area (Å²) in [6.45, 7) is 6.46. The summed E-state index contributed by atoms with van der Waals surface area (Å²) in [6.07, 6.45) is 0.785. The second-order valence-corrected chi connectivity index (χ2v) is 7.23. The van der Waals surface area contributed by atoms with Crippen LogP contribution in [0.5, 0.6) is 0 Å². The van der Waals surface area contributed by atoms with Gasteiger partial charge in [-0.3, -0.25) is 0 Å².